The summed E-state index contributed by atoms with van der Waals surface area (Å²) in [6.45, 7) is 5.24. The molecule has 2 aliphatic heterocycles. The predicted octanol–water partition coefficient (Wildman–Crippen LogP) is 1.46. The molecule has 0 bridgehead atoms. The van der Waals surface area contributed by atoms with Crippen molar-refractivity contribution < 1.29 is 9.53 Å². The third-order valence-corrected chi connectivity index (χ3v) is 4.18. The van der Waals surface area contributed by atoms with Crippen LogP contribution in [0.2, 0.25) is 0 Å². The monoisotopic (exact) mass is 289 g/mol. The molecule has 114 valence electrons. The number of morpholine rings is 1. The van der Waals surface area contributed by atoms with Gasteiger partial charge in [0.25, 0.3) is 0 Å². The normalized spacial score (nSPS) is 22.9. The van der Waals surface area contributed by atoms with Crippen LogP contribution in [0.15, 0.2) is 24.3 Å². The van der Waals surface area contributed by atoms with Crippen molar-refractivity contribution in [3.8, 4) is 0 Å². The molecule has 0 radical (unpaired) electrons. The van der Waals surface area contributed by atoms with Crippen LogP contribution in [-0.4, -0.2) is 45.3 Å². The fourth-order valence-electron chi connectivity index (χ4n) is 2.90. The van der Waals surface area contributed by atoms with Crippen LogP contribution in [-0.2, 0) is 9.53 Å². The molecule has 0 spiro atoms. The SMILES string of the molecule is O=C(Nc1ccc(N2CCOCC2)cc1)[C@H]1CCCNC1. The van der Waals surface area contributed by atoms with E-state index in [1.807, 2.05) is 12.1 Å². The van der Waals surface area contributed by atoms with Gasteiger partial charge in [-0.3, -0.25) is 4.79 Å². The first-order valence-electron chi connectivity index (χ1n) is 7.77. The smallest absolute Gasteiger partial charge is 0.228 e. The van der Waals surface area contributed by atoms with Crippen LogP contribution < -0.4 is 15.5 Å². The summed E-state index contributed by atoms with van der Waals surface area (Å²) in [5.41, 5.74) is 2.07. The molecule has 0 unspecified atom stereocenters. The second-order valence-corrected chi connectivity index (χ2v) is 5.68. The Morgan fingerprint density at radius 1 is 1.24 bits per heavy atom. The average Bonchev–Trinajstić information content (AvgIpc) is 2.57. The van der Waals surface area contributed by atoms with Crippen LogP contribution in [0.1, 0.15) is 12.8 Å². The molecule has 2 fully saturated rings. The Morgan fingerprint density at radius 2 is 2.00 bits per heavy atom. The Balaban J connectivity index is 1.57. The number of carbonyl (C=O) groups is 1. The standard InChI is InChI=1S/C16H23N3O2/c20-16(13-2-1-7-17-12-13)18-14-3-5-15(6-4-14)19-8-10-21-11-9-19/h3-6,13,17H,1-2,7-12H2,(H,18,20)/t13-/m0/s1. The third-order valence-electron chi connectivity index (χ3n) is 4.18. The Hall–Kier alpha value is -1.59. The summed E-state index contributed by atoms with van der Waals surface area (Å²) in [5.74, 6) is 0.221. The van der Waals surface area contributed by atoms with Gasteiger partial charge in [0.1, 0.15) is 0 Å². The number of carbonyl (C=O) groups excluding carboxylic acids is 1. The molecule has 2 aliphatic rings. The molecule has 21 heavy (non-hydrogen) atoms. The minimum Gasteiger partial charge on any atom is -0.378 e. The lowest BCUT2D eigenvalue weighted by atomic mass is 9.99. The molecule has 1 amide bonds. The van der Waals surface area contributed by atoms with Gasteiger partial charge in [-0.25, -0.2) is 0 Å². The second-order valence-electron chi connectivity index (χ2n) is 5.68. The van der Waals surface area contributed by atoms with E-state index in [2.05, 4.69) is 27.7 Å². The van der Waals surface area contributed by atoms with Crippen LogP contribution in [0.5, 0.6) is 0 Å². The first-order valence-corrected chi connectivity index (χ1v) is 7.77. The molecule has 2 saturated heterocycles. The molecule has 2 heterocycles. The zero-order chi connectivity index (χ0) is 14.5. The van der Waals surface area contributed by atoms with E-state index in [0.29, 0.717) is 0 Å². The molecule has 5 heteroatoms. The summed E-state index contributed by atoms with van der Waals surface area (Å²) >= 11 is 0. The zero-order valence-electron chi connectivity index (χ0n) is 12.3. The van der Waals surface area contributed by atoms with Crippen molar-refractivity contribution in [1.29, 1.82) is 0 Å². The summed E-state index contributed by atoms with van der Waals surface area (Å²) in [7, 11) is 0. The third kappa shape index (κ3) is 3.74. The van der Waals surface area contributed by atoms with Crippen LogP contribution in [0.25, 0.3) is 0 Å². The highest BCUT2D eigenvalue weighted by atomic mass is 16.5. The fraction of sp³-hybridized carbons (Fsp3) is 0.562. The number of rotatable bonds is 3. The van der Waals surface area contributed by atoms with Gasteiger partial charge in [-0.05, 0) is 43.7 Å². The van der Waals surface area contributed by atoms with Crippen molar-refractivity contribution >= 4 is 17.3 Å². The maximum absolute atomic E-state index is 12.2. The number of nitrogens with one attached hydrogen (secondary N) is 2. The van der Waals surface area contributed by atoms with Gasteiger partial charge in [-0.1, -0.05) is 0 Å². The van der Waals surface area contributed by atoms with E-state index in [4.69, 9.17) is 4.74 Å². The van der Waals surface area contributed by atoms with Crippen LogP contribution in [0, 0.1) is 5.92 Å². The highest BCUT2D eigenvalue weighted by Crippen LogP contribution is 2.20. The van der Waals surface area contributed by atoms with E-state index in [1.165, 1.54) is 5.69 Å². The van der Waals surface area contributed by atoms with Crippen LogP contribution >= 0.6 is 0 Å². The van der Waals surface area contributed by atoms with Gasteiger partial charge in [-0.15, -0.1) is 0 Å². The second kappa shape index (κ2) is 6.91. The van der Waals surface area contributed by atoms with Gasteiger partial charge in [0.2, 0.25) is 5.91 Å². The number of anilines is 2. The van der Waals surface area contributed by atoms with E-state index in [0.717, 1.165) is 57.9 Å². The first kappa shape index (κ1) is 14.4. The Kier molecular flexibility index (Phi) is 4.72. The molecule has 1 aromatic carbocycles. The summed E-state index contributed by atoms with van der Waals surface area (Å²) in [6, 6.07) is 8.11. The Labute approximate surface area is 125 Å². The van der Waals surface area contributed by atoms with E-state index in [1.54, 1.807) is 0 Å². The minimum absolute atomic E-state index is 0.0951. The van der Waals surface area contributed by atoms with Gasteiger partial charge in [-0.2, -0.15) is 0 Å². The number of amides is 1. The summed E-state index contributed by atoms with van der Waals surface area (Å²) in [5, 5.41) is 6.29. The summed E-state index contributed by atoms with van der Waals surface area (Å²) in [6.07, 6.45) is 2.05. The Bertz CT molecular complexity index is 463. The highest BCUT2D eigenvalue weighted by molar-refractivity contribution is 5.92. The van der Waals surface area contributed by atoms with E-state index < -0.39 is 0 Å². The lowest BCUT2D eigenvalue weighted by molar-refractivity contribution is -0.120. The van der Waals surface area contributed by atoms with Gasteiger partial charge >= 0.3 is 0 Å². The van der Waals surface area contributed by atoms with Crippen molar-refractivity contribution in [2.24, 2.45) is 5.92 Å². The predicted molar refractivity (Wildman–Crippen MR) is 83.7 cm³/mol. The van der Waals surface area contributed by atoms with Gasteiger partial charge in [0.05, 0.1) is 19.1 Å². The molecular weight excluding hydrogens is 266 g/mol. The topological polar surface area (TPSA) is 53.6 Å². The van der Waals surface area contributed by atoms with Gasteiger partial charge in [0, 0.05) is 31.0 Å². The molecule has 1 aromatic rings. The molecule has 0 saturated carbocycles. The average molecular weight is 289 g/mol. The van der Waals surface area contributed by atoms with Crippen LogP contribution in [0.3, 0.4) is 0 Å². The lowest BCUT2D eigenvalue weighted by Crippen LogP contribution is -2.37. The number of ether oxygens (including phenoxy) is 1. The lowest BCUT2D eigenvalue weighted by Gasteiger charge is -2.29. The molecule has 0 aromatic heterocycles. The van der Waals surface area contributed by atoms with Crippen molar-refractivity contribution in [3.05, 3.63) is 24.3 Å². The van der Waals surface area contributed by atoms with Gasteiger partial charge in [0.15, 0.2) is 0 Å². The van der Waals surface area contributed by atoms with Crippen molar-refractivity contribution in [3.63, 3.8) is 0 Å². The molecule has 2 N–H and O–H groups in total. The minimum atomic E-state index is 0.0951. The Morgan fingerprint density at radius 3 is 2.67 bits per heavy atom. The van der Waals surface area contributed by atoms with Crippen molar-refractivity contribution in [2.45, 2.75) is 12.8 Å². The molecule has 5 nitrogen and oxygen atoms in total. The summed E-state index contributed by atoms with van der Waals surface area (Å²) in [4.78, 5) is 14.5. The number of nitrogens with zero attached hydrogens (tertiary/aromatic N) is 1. The maximum Gasteiger partial charge on any atom is 0.228 e. The van der Waals surface area contributed by atoms with Crippen molar-refractivity contribution in [1.82, 2.24) is 5.32 Å². The molecular formula is C16H23N3O2. The largest absolute Gasteiger partial charge is 0.378 e. The van der Waals surface area contributed by atoms with E-state index >= 15 is 0 Å². The first-order chi connectivity index (χ1) is 10.3. The number of hydrogen-bond acceptors (Lipinski definition) is 4. The van der Waals surface area contributed by atoms with Gasteiger partial charge < -0.3 is 20.3 Å². The molecule has 3 rings (SSSR count). The van der Waals surface area contributed by atoms with Crippen LogP contribution in [0.4, 0.5) is 11.4 Å². The highest BCUT2D eigenvalue weighted by Gasteiger charge is 2.20. The molecule has 1 atom stereocenters. The van der Waals surface area contributed by atoms with E-state index in [-0.39, 0.29) is 11.8 Å². The van der Waals surface area contributed by atoms with Crippen molar-refractivity contribution in [2.75, 3.05) is 49.6 Å². The molecule has 0 aliphatic carbocycles. The zero-order valence-corrected chi connectivity index (χ0v) is 12.3. The summed E-state index contributed by atoms with van der Waals surface area (Å²) < 4.78 is 5.36. The number of benzene rings is 1. The quantitative estimate of drug-likeness (QED) is 0.884. The van der Waals surface area contributed by atoms with E-state index in [9.17, 15) is 4.79 Å². The number of hydrogen-bond donors (Lipinski definition) is 2. The maximum atomic E-state index is 12.2. The fourth-order valence-corrected chi connectivity index (χ4v) is 2.90. The number of piperidine rings is 1.